The molecule has 0 radical (unpaired) electrons. The van der Waals surface area contributed by atoms with E-state index in [9.17, 15) is 0 Å². The number of hydrogen-bond donors (Lipinski definition) is 1. The molecule has 0 unspecified atom stereocenters. The van der Waals surface area contributed by atoms with Crippen molar-refractivity contribution in [2.75, 3.05) is 20.1 Å². The quantitative estimate of drug-likeness (QED) is 0.351. The fourth-order valence-electron chi connectivity index (χ4n) is 1.51. The molecular weight excluding hydrogens is 140 g/mol. The van der Waals surface area contributed by atoms with Crippen molar-refractivity contribution in [3.63, 3.8) is 0 Å². The molecule has 0 aromatic rings. The highest BCUT2D eigenvalue weighted by Gasteiger charge is 2.18. The van der Waals surface area contributed by atoms with E-state index in [1.54, 1.807) is 0 Å². The van der Waals surface area contributed by atoms with Crippen LogP contribution in [0.5, 0.6) is 0 Å². The Morgan fingerprint density at radius 2 is 2.00 bits per heavy atom. The lowest BCUT2D eigenvalue weighted by molar-refractivity contribution is 0.245. The Morgan fingerprint density at radius 3 is 2.45 bits per heavy atom. The zero-order chi connectivity index (χ0) is 8.27. The fraction of sp³-hybridized carbons (Fsp3) is 0.875. The molecule has 11 heavy (non-hydrogen) atoms. The molecule has 64 valence electrons. The van der Waals surface area contributed by atoms with E-state index in [-0.39, 0.29) is 0 Å². The monoisotopic (exact) mass is 156 g/mol. The molecule has 1 fully saturated rings. The van der Waals surface area contributed by atoms with Gasteiger partial charge in [0.05, 0.1) is 5.71 Å². The average molecular weight is 156 g/mol. The van der Waals surface area contributed by atoms with Crippen LogP contribution < -0.4 is 0 Å². The topological polar surface area (TPSA) is 35.8 Å². The summed E-state index contributed by atoms with van der Waals surface area (Å²) in [5, 5.41) is 11.8. The predicted octanol–water partition coefficient (Wildman–Crippen LogP) is 1.18. The fourth-order valence-corrected chi connectivity index (χ4v) is 1.51. The van der Waals surface area contributed by atoms with Crippen LogP contribution in [0, 0.1) is 5.92 Å². The number of likely N-dealkylation sites (tertiary alicyclic amines) is 1. The van der Waals surface area contributed by atoms with E-state index in [2.05, 4.69) is 17.1 Å². The predicted molar refractivity (Wildman–Crippen MR) is 45.1 cm³/mol. The van der Waals surface area contributed by atoms with Crippen LogP contribution in [0.1, 0.15) is 19.8 Å². The Kier molecular flexibility index (Phi) is 2.88. The third kappa shape index (κ3) is 2.19. The summed E-state index contributed by atoms with van der Waals surface area (Å²) in [6.07, 6.45) is 2.26. The van der Waals surface area contributed by atoms with Crippen LogP contribution in [0.2, 0.25) is 0 Å². The van der Waals surface area contributed by atoms with E-state index in [0.29, 0.717) is 5.92 Å². The van der Waals surface area contributed by atoms with Gasteiger partial charge in [-0.1, -0.05) is 5.16 Å². The Labute approximate surface area is 67.7 Å². The smallest absolute Gasteiger partial charge is 0.0571 e. The average Bonchev–Trinajstić information content (AvgIpc) is 2.05. The summed E-state index contributed by atoms with van der Waals surface area (Å²) < 4.78 is 0. The number of oxime groups is 1. The molecule has 1 saturated heterocycles. The molecule has 0 spiro atoms. The molecular formula is C8H16N2O. The maximum atomic E-state index is 8.53. The van der Waals surface area contributed by atoms with E-state index in [1.807, 2.05) is 6.92 Å². The second-order valence-corrected chi connectivity index (χ2v) is 3.32. The number of nitrogens with zero attached hydrogens (tertiary/aromatic N) is 2. The lowest BCUT2D eigenvalue weighted by Gasteiger charge is -2.28. The minimum absolute atomic E-state index is 0.510. The molecule has 3 heteroatoms. The maximum Gasteiger partial charge on any atom is 0.0571 e. The zero-order valence-electron chi connectivity index (χ0n) is 7.25. The van der Waals surface area contributed by atoms with Crippen LogP contribution in [-0.2, 0) is 0 Å². The summed E-state index contributed by atoms with van der Waals surface area (Å²) in [7, 11) is 2.13. The van der Waals surface area contributed by atoms with Crippen LogP contribution in [0.15, 0.2) is 5.16 Å². The Bertz CT molecular complexity index is 148. The van der Waals surface area contributed by atoms with Gasteiger partial charge >= 0.3 is 0 Å². The summed E-state index contributed by atoms with van der Waals surface area (Å²) in [5.41, 5.74) is 0.887. The van der Waals surface area contributed by atoms with Gasteiger partial charge in [-0.3, -0.25) is 0 Å². The molecule has 0 aromatic heterocycles. The Balaban J connectivity index is 2.39. The molecule has 0 saturated carbocycles. The lowest BCUT2D eigenvalue weighted by Crippen LogP contribution is -2.32. The number of hydrogen-bond acceptors (Lipinski definition) is 3. The van der Waals surface area contributed by atoms with Crippen molar-refractivity contribution in [3.05, 3.63) is 0 Å². The van der Waals surface area contributed by atoms with Gasteiger partial charge in [-0.25, -0.2) is 0 Å². The standard InChI is InChI=1S/C8H16N2O/c1-7(9-11)8-3-5-10(2)6-4-8/h8,11H,3-6H2,1-2H3/b9-7+. The van der Waals surface area contributed by atoms with Crippen molar-refractivity contribution >= 4 is 5.71 Å². The van der Waals surface area contributed by atoms with Crippen LogP contribution in [0.4, 0.5) is 0 Å². The van der Waals surface area contributed by atoms with Gasteiger partial charge in [0.25, 0.3) is 0 Å². The van der Waals surface area contributed by atoms with Crippen molar-refractivity contribution in [1.29, 1.82) is 0 Å². The van der Waals surface area contributed by atoms with E-state index in [1.165, 1.54) is 0 Å². The first kappa shape index (κ1) is 8.53. The normalized spacial score (nSPS) is 24.0. The van der Waals surface area contributed by atoms with E-state index >= 15 is 0 Å². The Hall–Kier alpha value is -0.570. The second-order valence-electron chi connectivity index (χ2n) is 3.32. The van der Waals surface area contributed by atoms with Crippen molar-refractivity contribution in [1.82, 2.24) is 4.90 Å². The third-order valence-corrected chi connectivity index (χ3v) is 2.47. The van der Waals surface area contributed by atoms with Crippen LogP contribution in [-0.4, -0.2) is 36.0 Å². The summed E-state index contributed by atoms with van der Waals surface area (Å²) >= 11 is 0. The molecule has 0 aromatic carbocycles. The first-order valence-corrected chi connectivity index (χ1v) is 4.11. The minimum Gasteiger partial charge on any atom is -0.411 e. The SMILES string of the molecule is C/C(=N\O)C1CCN(C)CC1. The first-order valence-electron chi connectivity index (χ1n) is 4.11. The summed E-state index contributed by atoms with van der Waals surface area (Å²) in [5.74, 6) is 0.510. The van der Waals surface area contributed by atoms with Crippen LogP contribution in [0.3, 0.4) is 0 Å². The highest BCUT2D eigenvalue weighted by atomic mass is 16.4. The van der Waals surface area contributed by atoms with Crippen molar-refractivity contribution in [3.8, 4) is 0 Å². The van der Waals surface area contributed by atoms with Crippen LogP contribution >= 0.6 is 0 Å². The van der Waals surface area contributed by atoms with Gasteiger partial charge in [-0.2, -0.15) is 0 Å². The molecule has 1 N–H and O–H groups in total. The van der Waals surface area contributed by atoms with E-state index < -0.39 is 0 Å². The van der Waals surface area contributed by atoms with E-state index in [0.717, 1.165) is 31.6 Å². The van der Waals surface area contributed by atoms with Gasteiger partial charge in [-0.05, 0) is 39.9 Å². The number of rotatable bonds is 1. The largest absolute Gasteiger partial charge is 0.411 e. The van der Waals surface area contributed by atoms with Gasteiger partial charge in [0.15, 0.2) is 0 Å². The van der Waals surface area contributed by atoms with E-state index in [4.69, 9.17) is 5.21 Å². The van der Waals surface area contributed by atoms with Crippen molar-refractivity contribution < 1.29 is 5.21 Å². The van der Waals surface area contributed by atoms with Crippen molar-refractivity contribution in [2.24, 2.45) is 11.1 Å². The lowest BCUT2D eigenvalue weighted by atomic mass is 9.93. The van der Waals surface area contributed by atoms with Crippen molar-refractivity contribution in [2.45, 2.75) is 19.8 Å². The first-order chi connectivity index (χ1) is 5.24. The summed E-state index contributed by atoms with van der Waals surface area (Å²) in [6.45, 7) is 4.14. The van der Waals surface area contributed by atoms with Gasteiger partial charge in [0.2, 0.25) is 0 Å². The zero-order valence-corrected chi connectivity index (χ0v) is 7.25. The van der Waals surface area contributed by atoms with Gasteiger partial charge in [0.1, 0.15) is 0 Å². The molecule has 0 amide bonds. The van der Waals surface area contributed by atoms with Gasteiger partial charge in [0, 0.05) is 5.92 Å². The van der Waals surface area contributed by atoms with Crippen LogP contribution in [0.25, 0.3) is 0 Å². The molecule has 1 rings (SSSR count). The minimum atomic E-state index is 0.510. The highest BCUT2D eigenvalue weighted by molar-refractivity contribution is 5.83. The molecule has 1 heterocycles. The maximum absolute atomic E-state index is 8.53. The Morgan fingerprint density at radius 1 is 1.45 bits per heavy atom. The summed E-state index contributed by atoms with van der Waals surface area (Å²) in [4.78, 5) is 2.31. The second kappa shape index (κ2) is 3.72. The molecule has 3 nitrogen and oxygen atoms in total. The molecule has 1 aliphatic rings. The number of piperidine rings is 1. The molecule has 0 aliphatic carbocycles. The molecule has 1 aliphatic heterocycles. The molecule has 0 bridgehead atoms. The third-order valence-electron chi connectivity index (χ3n) is 2.47. The van der Waals surface area contributed by atoms with Gasteiger partial charge in [-0.15, -0.1) is 0 Å². The van der Waals surface area contributed by atoms with Gasteiger partial charge < -0.3 is 10.1 Å². The molecule has 0 atom stereocenters. The highest BCUT2D eigenvalue weighted by Crippen LogP contribution is 2.17. The summed E-state index contributed by atoms with van der Waals surface area (Å²) in [6, 6.07) is 0.